The van der Waals surface area contributed by atoms with E-state index < -0.39 is 10.7 Å². The predicted octanol–water partition coefficient (Wildman–Crippen LogP) is -1.11. The fourth-order valence-corrected chi connectivity index (χ4v) is 1.94. The SMILES string of the molecule is O=C1CCN(C2([N+](=O)[O-])CN=CC=N2)CCN1. The standard InChI is InChI=1S/C9H13N5O3/c15-8-1-5-13(6-4-11-8)9(14(16)17)7-10-2-3-12-9/h2-3H,1,4-7H2,(H,11,15). The molecule has 0 bridgehead atoms. The fraction of sp³-hybridized carbons (Fsp3) is 0.667. The monoisotopic (exact) mass is 239 g/mol. The van der Waals surface area contributed by atoms with Crippen LogP contribution in [0.25, 0.3) is 0 Å². The average molecular weight is 239 g/mol. The third kappa shape index (κ3) is 2.16. The molecule has 17 heavy (non-hydrogen) atoms. The number of hydrogen-bond acceptors (Lipinski definition) is 6. The molecule has 2 rings (SSSR count). The second-order valence-electron chi connectivity index (χ2n) is 3.89. The van der Waals surface area contributed by atoms with Gasteiger partial charge in [-0.3, -0.25) is 19.9 Å². The molecule has 0 aromatic carbocycles. The van der Waals surface area contributed by atoms with Crippen molar-refractivity contribution < 1.29 is 9.72 Å². The van der Waals surface area contributed by atoms with Crippen molar-refractivity contribution in [1.29, 1.82) is 0 Å². The summed E-state index contributed by atoms with van der Waals surface area (Å²) in [6.45, 7) is 1.11. The highest BCUT2D eigenvalue weighted by atomic mass is 16.6. The molecule has 0 aliphatic carbocycles. The quantitative estimate of drug-likeness (QED) is 0.488. The van der Waals surface area contributed by atoms with Crippen LogP contribution in [0, 0.1) is 10.1 Å². The van der Waals surface area contributed by atoms with E-state index in [1.165, 1.54) is 12.4 Å². The van der Waals surface area contributed by atoms with Gasteiger partial charge < -0.3 is 5.32 Å². The van der Waals surface area contributed by atoms with E-state index in [0.717, 1.165) is 0 Å². The Morgan fingerprint density at radius 2 is 2.29 bits per heavy atom. The van der Waals surface area contributed by atoms with Crippen molar-refractivity contribution in [3.05, 3.63) is 10.1 Å². The van der Waals surface area contributed by atoms with Gasteiger partial charge in [0, 0.05) is 38.5 Å². The molecule has 1 atom stereocenters. The summed E-state index contributed by atoms with van der Waals surface area (Å²) in [6.07, 6.45) is 3.03. The summed E-state index contributed by atoms with van der Waals surface area (Å²) in [5.41, 5.74) is 0. The first kappa shape index (κ1) is 11.6. The van der Waals surface area contributed by atoms with Gasteiger partial charge in [0.15, 0.2) is 0 Å². The topological polar surface area (TPSA) is 100 Å². The van der Waals surface area contributed by atoms with Crippen LogP contribution in [0.1, 0.15) is 6.42 Å². The van der Waals surface area contributed by atoms with Crippen molar-refractivity contribution in [2.45, 2.75) is 12.2 Å². The number of nitrogens with one attached hydrogen (secondary N) is 1. The molecule has 2 aliphatic rings. The molecule has 0 saturated carbocycles. The van der Waals surface area contributed by atoms with Crippen molar-refractivity contribution >= 4 is 18.3 Å². The molecular formula is C9H13N5O3. The van der Waals surface area contributed by atoms with Crippen molar-refractivity contribution in [2.75, 3.05) is 26.2 Å². The van der Waals surface area contributed by atoms with Crippen LogP contribution in [-0.4, -0.2) is 60.1 Å². The highest BCUT2D eigenvalue weighted by Gasteiger charge is 2.49. The molecule has 1 unspecified atom stereocenters. The van der Waals surface area contributed by atoms with Crippen molar-refractivity contribution in [3.63, 3.8) is 0 Å². The van der Waals surface area contributed by atoms with Crippen LogP contribution < -0.4 is 5.32 Å². The minimum atomic E-state index is -1.54. The van der Waals surface area contributed by atoms with Gasteiger partial charge in [0.05, 0.1) is 4.92 Å². The number of rotatable bonds is 2. The zero-order chi connectivity index (χ0) is 12.3. The summed E-state index contributed by atoms with van der Waals surface area (Å²) < 4.78 is 0. The van der Waals surface area contributed by atoms with Crippen LogP contribution in [0.15, 0.2) is 9.98 Å². The van der Waals surface area contributed by atoms with Gasteiger partial charge in [0.2, 0.25) is 5.91 Å². The third-order valence-electron chi connectivity index (χ3n) is 2.87. The van der Waals surface area contributed by atoms with Gasteiger partial charge in [-0.25, -0.2) is 4.90 Å². The number of carbonyl (C=O) groups excluding carboxylic acids is 1. The Morgan fingerprint density at radius 3 is 2.94 bits per heavy atom. The third-order valence-corrected chi connectivity index (χ3v) is 2.87. The van der Waals surface area contributed by atoms with Gasteiger partial charge in [-0.1, -0.05) is 0 Å². The first-order valence-electron chi connectivity index (χ1n) is 5.35. The molecule has 0 spiro atoms. The number of nitro groups is 1. The largest absolute Gasteiger partial charge is 0.394 e. The number of nitrogens with zero attached hydrogens (tertiary/aromatic N) is 4. The molecule has 8 heteroatoms. The molecule has 1 fully saturated rings. The molecule has 0 aromatic heterocycles. The van der Waals surface area contributed by atoms with E-state index in [1.807, 2.05) is 0 Å². The lowest BCUT2D eigenvalue weighted by Crippen LogP contribution is -2.57. The Labute approximate surface area is 97.6 Å². The van der Waals surface area contributed by atoms with E-state index in [9.17, 15) is 14.9 Å². The van der Waals surface area contributed by atoms with Crippen LogP contribution in [-0.2, 0) is 4.79 Å². The van der Waals surface area contributed by atoms with Crippen LogP contribution in [0.5, 0.6) is 0 Å². The Morgan fingerprint density at radius 1 is 1.47 bits per heavy atom. The lowest BCUT2D eigenvalue weighted by Gasteiger charge is -2.31. The molecule has 8 nitrogen and oxygen atoms in total. The van der Waals surface area contributed by atoms with E-state index >= 15 is 0 Å². The summed E-state index contributed by atoms with van der Waals surface area (Å²) in [6, 6.07) is 0. The van der Waals surface area contributed by atoms with Crippen LogP contribution in [0.2, 0.25) is 0 Å². The highest BCUT2D eigenvalue weighted by Crippen LogP contribution is 2.21. The lowest BCUT2D eigenvalue weighted by atomic mass is 10.2. The number of hydrogen-bond donors (Lipinski definition) is 1. The molecule has 0 aromatic rings. The fourth-order valence-electron chi connectivity index (χ4n) is 1.94. The second-order valence-corrected chi connectivity index (χ2v) is 3.89. The van der Waals surface area contributed by atoms with Gasteiger partial charge >= 0.3 is 5.79 Å². The van der Waals surface area contributed by atoms with E-state index in [1.54, 1.807) is 4.90 Å². The number of aliphatic imine (C=N–C) groups is 2. The van der Waals surface area contributed by atoms with Crippen molar-refractivity contribution in [2.24, 2.45) is 9.98 Å². The highest BCUT2D eigenvalue weighted by molar-refractivity contribution is 6.16. The zero-order valence-electron chi connectivity index (χ0n) is 9.20. The maximum atomic E-state index is 11.2. The Hall–Kier alpha value is -1.83. The molecular weight excluding hydrogens is 226 g/mol. The molecule has 1 amide bonds. The Bertz CT molecular complexity index is 394. The molecule has 1 saturated heterocycles. The normalized spacial score (nSPS) is 29.8. The summed E-state index contributed by atoms with van der Waals surface area (Å²) in [7, 11) is 0. The average Bonchev–Trinajstić information content (AvgIpc) is 2.55. The van der Waals surface area contributed by atoms with Gasteiger partial charge in [0.25, 0.3) is 0 Å². The van der Waals surface area contributed by atoms with Gasteiger partial charge in [-0.2, -0.15) is 4.99 Å². The lowest BCUT2D eigenvalue weighted by molar-refractivity contribution is -0.596. The summed E-state index contributed by atoms with van der Waals surface area (Å²) in [4.78, 5) is 31.5. The molecule has 2 heterocycles. The first-order valence-corrected chi connectivity index (χ1v) is 5.35. The minimum Gasteiger partial charge on any atom is -0.355 e. The maximum Gasteiger partial charge on any atom is 0.394 e. The van der Waals surface area contributed by atoms with E-state index in [2.05, 4.69) is 15.3 Å². The smallest absolute Gasteiger partial charge is 0.355 e. The van der Waals surface area contributed by atoms with Crippen molar-refractivity contribution in [3.8, 4) is 0 Å². The van der Waals surface area contributed by atoms with Gasteiger partial charge in [-0.15, -0.1) is 0 Å². The van der Waals surface area contributed by atoms with Crippen molar-refractivity contribution in [1.82, 2.24) is 10.2 Å². The predicted molar refractivity (Wildman–Crippen MR) is 60.8 cm³/mol. The van der Waals surface area contributed by atoms with Crippen LogP contribution in [0.3, 0.4) is 0 Å². The minimum absolute atomic E-state index is 0.00924. The van der Waals surface area contributed by atoms with E-state index in [4.69, 9.17) is 0 Å². The zero-order valence-corrected chi connectivity index (χ0v) is 9.20. The Kier molecular flexibility index (Phi) is 3.14. The van der Waals surface area contributed by atoms with Crippen LogP contribution in [0.4, 0.5) is 0 Å². The summed E-state index contributed by atoms with van der Waals surface area (Å²) in [5, 5.41) is 13.9. The van der Waals surface area contributed by atoms with E-state index in [0.29, 0.717) is 19.6 Å². The summed E-state index contributed by atoms with van der Waals surface area (Å²) in [5.74, 6) is -1.63. The second kappa shape index (κ2) is 4.58. The number of amides is 1. The van der Waals surface area contributed by atoms with E-state index in [-0.39, 0.29) is 18.9 Å². The van der Waals surface area contributed by atoms with Gasteiger partial charge in [0.1, 0.15) is 6.54 Å². The van der Waals surface area contributed by atoms with Crippen LogP contribution >= 0.6 is 0 Å². The van der Waals surface area contributed by atoms with Gasteiger partial charge in [-0.05, 0) is 0 Å². The Balaban J connectivity index is 2.21. The number of carbonyl (C=O) groups is 1. The summed E-state index contributed by atoms with van der Waals surface area (Å²) >= 11 is 0. The molecule has 92 valence electrons. The first-order chi connectivity index (χ1) is 8.15. The maximum absolute atomic E-state index is 11.2. The molecule has 0 radical (unpaired) electrons. The molecule has 2 aliphatic heterocycles. The molecule has 1 N–H and O–H groups in total.